The van der Waals surface area contributed by atoms with Gasteiger partial charge < -0.3 is 10.0 Å². The Balaban J connectivity index is 1.70. The van der Waals surface area contributed by atoms with Gasteiger partial charge in [0.25, 0.3) is 0 Å². The summed E-state index contributed by atoms with van der Waals surface area (Å²) in [4.78, 5) is 25.5. The zero-order valence-corrected chi connectivity index (χ0v) is 12.5. The van der Waals surface area contributed by atoms with Gasteiger partial charge in [0, 0.05) is 23.2 Å². The van der Waals surface area contributed by atoms with Gasteiger partial charge in [0.15, 0.2) is 0 Å². The average Bonchev–Trinajstić information content (AvgIpc) is 2.89. The zero-order valence-electron chi connectivity index (χ0n) is 11.7. The number of rotatable bonds is 2. The minimum Gasteiger partial charge on any atom is -0.481 e. The molecule has 5 heteroatoms. The molecule has 1 heterocycles. The van der Waals surface area contributed by atoms with Crippen LogP contribution in [0.1, 0.15) is 31.2 Å². The Bertz CT molecular complexity index is 579. The van der Waals surface area contributed by atoms with Crippen molar-refractivity contribution in [2.24, 2.45) is 11.8 Å². The summed E-state index contributed by atoms with van der Waals surface area (Å²) in [5.41, 5.74) is 2.08. The van der Waals surface area contributed by atoms with Crippen molar-refractivity contribution in [1.82, 2.24) is 0 Å². The SMILES string of the molecule is O=C(O)C1CCC(C(=O)N2CCc3cc(Cl)ccc32)CC1. The first-order valence-electron chi connectivity index (χ1n) is 7.39. The summed E-state index contributed by atoms with van der Waals surface area (Å²) in [5.74, 6) is -0.914. The van der Waals surface area contributed by atoms with Gasteiger partial charge in [0.2, 0.25) is 5.91 Å². The normalized spacial score (nSPS) is 24.7. The maximum Gasteiger partial charge on any atom is 0.306 e. The molecular formula is C16H18ClNO3. The average molecular weight is 308 g/mol. The molecule has 1 saturated carbocycles. The van der Waals surface area contributed by atoms with E-state index in [1.807, 2.05) is 23.1 Å². The van der Waals surface area contributed by atoms with Crippen molar-refractivity contribution in [3.8, 4) is 0 Å². The van der Waals surface area contributed by atoms with Crippen LogP contribution in [0.4, 0.5) is 5.69 Å². The van der Waals surface area contributed by atoms with Crippen molar-refractivity contribution in [3.63, 3.8) is 0 Å². The van der Waals surface area contributed by atoms with Gasteiger partial charge in [-0.25, -0.2) is 0 Å². The highest BCUT2D eigenvalue weighted by Crippen LogP contribution is 2.35. The number of carboxylic acids is 1. The van der Waals surface area contributed by atoms with Crippen LogP contribution in [0.15, 0.2) is 18.2 Å². The number of carbonyl (C=O) groups is 2. The third-order valence-corrected chi connectivity index (χ3v) is 4.86. The van der Waals surface area contributed by atoms with Crippen LogP contribution in [0.2, 0.25) is 5.02 Å². The van der Waals surface area contributed by atoms with E-state index in [9.17, 15) is 9.59 Å². The second-order valence-corrected chi connectivity index (χ2v) is 6.34. The summed E-state index contributed by atoms with van der Waals surface area (Å²) >= 11 is 5.99. The van der Waals surface area contributed by atoms with Crippen LogP contribution >= 0.6 is 11.6 Å². The predicted molar refractivity (Wildman–Crippen MR) is 80.6 cm³/mol. The lowest BCUT2D eigenvalue weighted by molar-refractivity contribution is -0.144. The number of hydrogen-bond acceptors (Lipinski definition) is 2. The number of aliphatic carboxylic acids is 1. The first kappa shape index (κ1) is 14.4. The van der Waals surface area contributed by atoms with Gasteiger partial charge in [-0.2, -0.15) is 0 Å². The van der Waals surface area contributed by atoms with Crippen molar-refractivity contribution in [1.29, 1.82) is 0 Å². The summed E-state index contributed by atoms with van der Waals surface area (Å²) < 4.78 is 0. The lowest BCUT2D eigenvalue weighted by Crippen LogP contribution is -2.37. The molecule has 21 heavy (non-hydrogen) atoms. The second-order valence-electron chi connectivity index (χ2n) is 5.90. The van der Waals surface area contributed by atoms with Crippen molar-refractivity contribution in [2.75, 3.05) is 11.4 Å². The minimum atomic E-state index is -0.734. The maximum atomic E-state index is 12.7. The third-order valence-electron chi connectivity index (χ3n) is 4.63. The zero-order chi connectivity index (χ0) is 15.0. The van der Waals surface area contributed by atoms with Crippen LogP contribution in [0, 0.1) is 11.8 Å². The van der Waals surface area contributed by atoms with Gasteiger partial charge in [-0.05, 0) is 55.9 Å². The standard InChI is InChI=1S/C16H18ClNO3/c17-13-5-6-14-12(9-13)7-8-18(14)15(19)10-1-3-11(4-2-10)16(20)21/h5-6,9-11H,1-4,7-8H2,(H,20,21). The molecule has 4 nitrogen and oxygen atoms in total. The summed E-state index contributed by atoms with van der Waals surface area (Å²) in [6.45, 7) is 0.702. The Morgan fingerprint density at radius 1 is 1.14 bits per heavy atom. The lowest BCUT2D eigenvalue weighted by atomic mass is 9.81. The molecule has 1 aliphatic carbocycles. The molecule has 1 N–H and O–H groups in total. The molecule has 0 aromatic heterocycles. The fourth-order valence-corrected chi connectivity index (χ4v) is 3.60. The summed E-state index contributed by atoms with van der Waals surface area (Å²) in [5, 5.41) is 9.72. The van der Waals surface area contributed by atoms with Gasteiger partial charge in [0.05, 0.1) is 5.92 Å². The Kier molecular flexibility index (Phi) is 3.89. The molecule has 2 aliphatic rings. The Morgan fingerprint density at radius 2 is 1.81 bits per heavy atom. The fraction of sp³-hybridized carbons (Fsp3) is 0.500. The summed E-state index contributed by atoms with van der Waals surface area (Å²) in [7, 11) is 0. The van der Waals surface area contributed by atoms with Crippen LogP contribution in [-0.2, 0) is 16.0 Å². The molecule has 0 spiro atoms. The largest absolute Gasteiger partial charge is 0.481 e. The van der Waals surface area contributed by atoms with Gasteiger partial charge in [-0.1, -0.05) is 11.6 Å². The molecule has 0 saturated heterocycles. The monoisotopic (exact) mass is 307 g/mol. The number of carboxylic acid groups (broad SMARTS) is 1. The maximum absolute atomic E-state index is 12.7. The molecule has 3 rings (SSSR count). The topological polar surface area (TPSA) is 57.6 Å². The Labute approximate surface area is 128 Å². The highest BCUT2D eigenvalue weighted by Gasteiger charge is 2.34. The van der Waals surface area contributed by atoms with Gasteiger partial charge >= 0.3 is 5.97 Å². The van der Waals surface area contributed by atoms with Crippen LogP contribution in [-0.4, -0.2) is 23.5 Å². The van der Waals surface area contributed by atoms with Crippen LogP contribution in [0.25, 0.3) is 0 Å². The molecule has 1 fully saturated rings. The van der Waals surface area contributed by atoms with Crippen LogP contribution in [0.5, 0.6) is 0 Å². The molecule has 1 amide bonds. The first-order valence-corrected chi connectivity index (χ1v) is 7.76. The Morgan fingerprint density at radius 3 is 2.48 bits per heavy atom. The quantitative estimate of drug-likeness (QED) is 0.913. The number of anilines is 1. The number of halogens is 1. The Hall–Kier alpha value is -1.55. The smallest absolute Gasteiger partial charge is 0.306 e. The second kappa shape index (κ2) is 5.68. The molecule has 0 unspecified atom stereocenters. The van der Waals surface area contributed by atoms with E-state index in [4.69, 9.17) is 16.7 Å². The number of benzene rings is 1. The highest BCUT2D eigenvalue weighted by atomic mass is 35.5. The number of carbonyl (C=O) groups excluding carboxylic acids is 1. The van der Waals surface area contributed by atoms with Gasteiger partial charge in [0.1, 0.15) is 0 Å². The van der Waals surface area contributed by atoms with Crippen molar-refractivity contribution in [3.05, 3.63) is 28.8 Å². The van der Waals surface area contributed by atoms with E-state index < -0.39 is 5.97 Å². The fourth-order valence-electron chi connectivity index (χ4n) is 3.41. The van der Waals surface area contributed by atoms with E-state index in [1.165, 1.54) is 0 Å². The van der Waals surface area contributed by atoms with E-state index in [2.05, 4.69) is 0 Å². The molecule has 0 atom stereocenters. The van der Waals surface area contributed by atoms with Gasteiger partial charge in [-0.3, -0.25) is 9.59 Å². The van der Waals surface area contributed by atoms with Crippen molar-refractivity contribution in [2.45, 2.75) is 32.1 Å². The number of fused-ring (bicyclic) bond motifs is 1. The van der Waals surface area contributed by atoms with Crippen molar-refractivity contribution >= 4 is 29.2 Å². The minimum absolute atomic E-state index is 0.0396. The molecule has 0 bridgehead atoms. The number of hydrogen-bond donors (Lipinski definition) is 1. The van der Waals surface area contributed by atoms with E-state index in [-0.39, 0.29) is 17.7 Å². The van der Waals surface area contributed by atoms with Gasteiger partial charge in [-0.15, -0.1) is 0 Å². The summed E-state index contributed by atoms with van der Waals surface area (Å²) in [6.07, 6.45) is 3.40. The number of nitrogens with zero attached hydrogens (tertiary/aromatic N) is 1. The molecule has 1 aliphatic heterocycles. The van der Waals surface area contributed by atoms with E-state index in [0.29, 0.717) is 37.3 Å². The highest BCUT2D eigenvalue weighted by molar-refractivity contribution is 6.30. The van der Waals surface area contributed by atoms with E-state index >= 15 is 0 Å². The molecular weight excluding hydrogens is 290 g/mol. The summed E-state index contributed by atoms with van der Waals surface area (Å²) in [6, 6.07) is 5.64. The molecule has 112 valence electrons. The molecule has 1 aromatic carbocycles. The van der Waals surface area contributed by atoms with Crippen molar-refractivity contribution < 1.29 is 14.7 Å². The van der Waals surface area contributed by atoms with E-state index in [1.54, 1.807) is 0 Å². The molecule has 1 aromatic rings. The lowest BCUT2D eigenvalue weighted by Gasteiger charge is -2.29. The predicted octanol–water partition coefficient (Wildman–Crippen LogP) is 3.12. The van der Waals surface area contributed by atoms with E-state index in [0.717, 1.165) is 17.7 Å². The molecule has 0 radical (unpaired) electrons. The van der Waals surface area contributed by atoms with Crippen LogP contribution in [0.3, 0.4) is 0 Å². The number of amides is 1. The third kappa shape index (κ3) is 2.77. The van der Waals surface area contributed by atoms with Crippen LogP contribution < -0.4 is 4.90 Å². The first-order chi connectivity index (χ1) is 10.1.